The van der Waals surface area contributed by atoms with E-state index in [4.69, 9.17) is 0 Å². The minimum Gasteiger partial charge on any atom is -0.333 e. The fraction of sp³-hybridized carbons (Fsp3) is 0.812. The quantitative estimate of drug-likeness (QED) is 0.868. The van der Waals surface area contributed by atoms with Crippen LogP contribution in [0.2, 0.25) is 0 Å². The zero-order valence-electron chi connectivity index (χ0n) is 13.5. The predicted molar refractivity (Wildman–Crippen MR) is 84.0 cm³/mol. The molecule has 114 valence electrons. The summed E-state index contributed by atoms with van der Waals surface area (Å²) in [5.74, 6) is 0.637. The molecule has 1 aromatic rings. The third-order valence-corrected chi connectivity index (χ3v) is 4.39. The molecule has 2 heterocycles. The Balaban J connectivity index is 1.97. The third-order valence-electron chi connectivity index (χ3n) is 4.39. The third kappa shape index (κ3) is 3.83. The molecule has 0 spiro atoms. The molecule has 1 atom stereocenters. The summed E-state index contributed by atoms with van der Waals surface area (Å²) in [6, 6.07) is 1.19. The summed E-state index contributed by atoms with van der Waals surface area (Å²) in [7, 11) is 0. The molecule has 0 aliphatic carbocycles. The van der Waals surface area contributed by atoms with Gasteiger partial charge in [0.2, 0.25) is 0 Å². The molecule has 4 nitrogen and oxygen atoms in total. The molecule has 20 heavy (non-hydrogen) atoms. The Labute approximate surface area is 123 Å². The zero-order chi connectivity index (χ0) is 14.5. The highest BCUT2D eigenvalue weighted by atomic mass is 15.2. The Bertz CT molecular complexity index is 383. The molecular weight excluding hydrogens is 248 g/mol. The van der Waals surface area contributed by atoms with Gasteiger partial charge >= 0.3 is 0 Å². The molecule has 0 bridgehead atoms. The molecule has 1 unspecified atom stereocenters. The van der Waals surface area contributed by atoms with E-state index in [1.807, 2.05) is 6.33 Å². The van der Waals surface area contributed by atoms with Crippen molar-refractivity contribution in [1.29, 1.82) is 0 Å². The lowest BCUT2D eigenvalue weighted by molar-refractivity contribution is 0.167. The summed E-state index contributed by atoms with van der Waals surface area (Å²) in [6.07, 6.45) is 6.63. The van der Waals surface area contributed by atoms with E-state index in [-0.39, 0.29) is 0 Å². The molecule has 0 aromatic carbocycles. The van der Waals surface area contributed by atoms with Crippen LogP contribution >= 0.6 is 0 Å². The van der Waals surface area contributed by atoms with Gasteiger partial charge in [-0.1, -0.05) is 0 Å². The summed E-state index contributed by atoms with van der Waals surface area (Å²) in [5.41, 5.74) is 1.41. The first kappa shape index (κ1) is 15.5. The standard InChI is InChI=1S/C16H30N4/c1-13(2)20(14(3)4)9-8-19-12-18-11-16(19)15-6-5-7-17-10-15/h11-15,17H,5-10H2,1-4H3. The average Bonchev–Trinajstić information content (AvgIpc) is 2.87. The smallest absolute Gasteiger partial charge is 0.0948 e. The van der Waals surface area contributed by atoms with Crippen molar-refractivity contribution in [3.63, 3.8) is 0 Å². The molecule has 1 fully saturated rings. The lowest BCUT2D eigenvalue weighted by Crippen LogP contribution is -2.39. The van der Waals surface area contributed by atoms with Crippen molar-refractivity contribution in [2.24, 2.45) is 0 Å². The second-order valence-electron chi connectivity index (χ2n) is 6.48. The number of hydrogen-bond acceptors (Lipinski definition) is 3. The van der Waals surface area contributed by atoms with Crippen LogP contribution in [0, 0.1) is 0 Å². The summed E-state index contributed by atoms with van der Waals surface area (Å²) in [4.78, 5) is 6.93. The van der Waals surface area contributed by atoms with Crippen LogP contribution in [0.4, 0.5) is 0 Å². The molecule has 1 aromatic heterocycles. The molecule has 0 radical (unpaired) electrons. The maximum atomic E-state index is 4.38. The van der Waals surface area contributed by atoms with Crippen molar-refractivity contribution in [3.8, 4) is 0 Å². The highest BCUT2D eigenvalue weighted by Gasteiger charge is 2.19. The molecule has 1 N–H and O–H groups in total. The van der Waals surface area contributed by atoms with E-state index in [2.05, 4.69) is 53.7 Å². The molecule has 1 aliphatic heterocycles. The lowest BCUT2D eigenvalue weighted by atomic mass is 9.96. The van der Waals surface area contributed by atoms with Gasteiger partial charge in [0.05, 0.1) is 6.33 Å². The van der Waals surface area contributed by atoms with Crippen molar-refractivity contribution in [2.75, 3.05) is 19.6 Å². The van der Waals surface area contributed by atoms with Crippen molar-refractivity contribution < 1.29 is 0 Å². The molecular formula is C16H30N4. The van der Waals surface area contributed by atoms with Crippen molar-refractivity contribution in [1.82, 2.24) is 19.8 Å². The minimum absolute atomic E-state index is 0.596. The molecule has 1 saturated heterocycles. The Morgan fingerprint density at radius 2 is 2.10 bits per heavy atom. The van der Waals surface area contributed by atoms with E-state index < -0.39 is 0 Å². The first-order valence-electron chi connectivity index (χ1n) is 8.06. The summed E-state index contributed by atoms with van der Waals surface area (Å²) in [5, 5.41) is 3.50. The van der Waals surface area contributed by atoms with Crippen LogP contribution in [0.25, 0.3) is 0 Å². The van der Waals surface area contributed by atoms with Gasteiger partial charge < -0.3 is 9.88 Å². The highest BCUT2D eigenvalue weighted by Crippen LogP contribution is 2.22. The lowest BCUT2D eigenvalue weighted by Gasteiger charge is -2.31. The average molecular weight is 278 g/mol. The summed E-state index contributed by atoms with van der Waals surface area (Å²) >= 11 is 0. The largest absolute Gasteiger partial charge is 0.333 e. The van der Waals surface area contributed by atoms with Gasteiger partial charge in [0.1, 0.15) is 0 Å². The van der Waals surface area contributed by atoms with Crippen molar-refractivity contribution in [2.45, 2.75) is 65.1 Å². The number of aromatic nitrogens is 2. The minimum atomic E-state index is 0.596. The van der Waals surface area contributed by atoms with Crippen LogP contribution in [0.1, 0.15) is 52.1 Å². The van der Waals surface area contributed by atoms with Crippen LogP contribution in [-0.4, -0.2) is 46.2 Å². The summed E-state index contributed by atoms with van der Waals surface area (Å²) < 4.78 is 2.36. The van der Waals surface area contributed by atoms with Gasteiger partial charge in [0.15, 0.2) is 0 Å². The number of nitrogens with one attached hydrogen (secondary N) is 1. The van der Waals surface area contributed by atoms with Gasteiger partial charge in [-0.05, 0) is 47.1 Å². The number of rotatable bonds is 6. The van der Waals surface area contributed by atoms with E-state index >= 15 is 0 Å². The fourth-order valence-electron chi connectivity index (χ4n) is 3.30. The van der Waals surface area contributed by atoms with Gasteiger partial charge in [0, 0.05) is 49.5 Å². The first-order chi connectivity index (χ1) is 9.59. The monoisotopic (exact) mass is 278 g/mol. The molecule has 0 amide bonds. The second kappa shape index (κ2) is 7.23. The second-order valence-corrected chi connectivity index (χ2v) is 6.48. The van der Waals surface area contributed by atoms with Gasteiger partial charge in [-0.3, -0.25) is 4.90 Å². The number of piperidine rings is 1. The maximum absolute atomic E-state index is 4.38. The number of hydrogen-bond donors (Lipinski definition) is 1. The molecule has 4 heteroatoms. The van der Waals surface area contributed by atoms with E-state index in [1.54, 1.807) is 0 Å². The topological polar surface area (TPSA) is 33.1 Å². The Hall–Kier alpha value is -0.870. The van der Waals surface area contributed by atoms with Gasteiger partial charge in [0.25, 0.3) is 0 Å². The number of imidazole rings is 1. The first-order valence-corrected chi connectivity index (χ1v) is 8.06. The normalized spacial score (nSPS) is 20.2. The van der Waals surface area contributed by atoms with E-state index in [0.29, 0.717) is 18.0 Å². The number of nitrogens with zero attached hydrogens (tertiary/aromatic N) is 3. The molecule has 0 saturated carbocycles. The zero-order valence-corrected chi connectivity index (χ0v) is 13.5. The SMILES string of the molecule is CC(C)N(CCn1cncc1C1CCCNC1)C(C)C. The van der Waals surface area contributed by atoms with E-state index in [0.717, 1.165) is 19.6 Å². The predicted octanol–water partition coefficient (Wildman–Crippen LogP) is 2.47. The van der Waals surface area contributed by atoms with Crippen molar-refractivity contribution >= 4 is 0 Å². The van der Waals surface area contributed by atoms with Crippen LogP contribution in [0.3, 0.4) is 0 Å². The van der Waals surface area contributed by atoms with Gasteiger partial charge in [-0.25, -0.2) is 4.98 Å². The van der Waals surface area contributed by atoms with Crippen LogP contribution in [-0.2, 0) is 6.54 Å². The highest BCUT2D eigenvalue weighted by molar-refractivity contribution is 5.08. The Morgan fingerprint density at radius 3 is 2.70 bits per heavy atom. The van der Waals surface area contributed by atoms with E-state index in [9.17, 15) is 0 Å². The van der Waals surface area contributed by atoms with E-state index in [1.165, 1.54) is 25.1 Å². The van der Waals surface area contributed by atoms with Gasteiger partial charge in [-0.2, -0.15) is 0 Å². The van der Waals surface area contributed by atoms with Crippen molar-refractivity contribution in [3.05, 3.63) is 18.2 Å². The fourth-order valence-corrected chi connectivity index (χ4v) is 3.30. The van der Waals surface area contributed by atoms with Crippen LogP contribution < -0.4 is 5.32 Å². The Kier molecular flexibility index (Phi) is 5.61. The van der Waals surface area contributed by atoms with Crippen LogP contribution in [0.15, 0.2) is 12.5 Å². The van der Waals surface area contributed by atoms with Gasteiger partial charge in [-0.15, -0.1) is 0 Å². The maximum Gasteiger partial charge on any atom is 0.0948 e. The summed E-state index contributed by atoms with van der Waals surface area (Å²) in [6.45, 7) is 13.5. The Morgan fingerprint density at radius 1 is 1.35 bits per heavy atom. The van der Waals surface area contributed by atoms with Crippen LogP contribution in [0.5, 0.6) is 0 Å². The molecule has 1 aliphatic rings. The molecule has 2 rings (SSSR count).